The highest BCUT2D eigenvalue weighted by atomic mass is 28.3. The molecule has 3 heteroatoms. The zero-order valence-electron chi connectivity index (χ0n) is 10.6. The zero-order chi connectivity index (χ0) is 11.2. The van der Waals surface area contributed by atoms with Crippen LogP contribution in [0.15, 0.2) is 12.2 Å². The summed E-state index contributed by atoms with van der Waals surface area (Å²) in [4.78, 5) is 0. The second-order valence-corrected chi connectivity index (χ2v) is 7.59. The fourth-order valence-electron chi connectivity index (χ4n) is 1.61. The Hall–Kier alpha value is 0.134. The van der Waals surface area contributed by atoms with Crippen molar-refractivity contribution in [2.45, 2.75) is 64.3 Å². The Labute approximate surface area is 101 Å². The highest BCUT2D eigenvalue weighted by Crippen LogP contribution is 2.06. The van der Waals surface area contributed by atoms with Gasteiger partial charge in [0.25, 0.3) is 0 Å². The van der Waals surface area contributed by atoms with Gasteiger partial charge in [0.05, 0.1) is 0 Å². The van der Waals surface area contributed by atoms with Crippen molar-refractivity contribution in [3.63, 3.8) is 0 Å². The van der Waals surface area contributed by atoms with Crippen molar-refractivity contribution >= 4 is 20.2 Å². The SMILES string of the molecule is CCCCCCCC=CCCC[SiH2]O[SiH3]. The highest BCUT2D eigenvalue weighted by Gasteiger charge is 1.87. The minimum Gasteiger partial charge on any atom is -0.468 e. The molecule has 0 aromatic rings. The normalized spacial score (nSPS) is 12.3. The summed E-state index contributed by atoms with van der Waals surface area (Å²) in [5.41, 5.74) is 0. The molecule has 0 rings (SSSR count). The van der Waals surface area contributed by atoms with Gasteiger partial charge in [-0.1, -0.05) is 51.2 Å². The first kappa shape index (κ1) is 15.1. The summed E-state index contributed by atoms with van der Waals surface area (Å²) in [6.45, 7) is 2.27. The van der Waals surface area contributed by atoms with Crippen LogP contribution in [-0.2, 0) is 4.12 Å². The lowest BCUT2D eigenvalue weighted by molar-refractivity contribution is 0.636. The maximum Gasteiger partial charge on any atom is 0.145 e. The maximum atomic E-state index is 5.28. The summed E-state index contributed by atoms with van der Waals surface area (Å²) in [6.07, 6.45) is 15.6. The Morgan fingerprint density at radius 1 is 1.00 bits per heavy atom. The number of allylic oxidation sites excluding steroid dienone is 2. The van der Waals surface area contributed by atoms with E-state index in [1.165, 1.54) is 57.4 Å². The minimum atomic E-state index is -0.104. The number of unbranched alkanes of at least 4 members (excludes halogenated alkanes) is 6. The van der Waals surface area contributed by atoms with Gasteiger partial charge < -0.3 is 4.12 Å². The van der Waals surface area contributed by atoms with E-state index in [0.29, 0.717) is 0 Å². The molecular formula is C12H28OSi2. The van der Waals surface area contributed by atoms with E-state index in [4.69, 9.17) is 4.12 Å². The van der Waals surface area contributed by atoms with Crippen molar-refractivity contribution in [2.24, 2.45) is 0 Å². The van der Waals surface area contributed by atoms with Gasteiger partial charge in [-0.15, -0.1) is 0 Å². The molecular weight excluding hydrogens is 216 g/mol. The first-order valence-electron chi connectivity index (χ1n) is 6.55. The first-order chi connectivity index (χ1) is 7.41. The van der Waals surface area contributed by atoms with Gasteiger partial charge in [-0.25, -0.2) is 0 Å². The van der Waals surface area contributed by atoms with Crippen LogP contribution in [0.1, 0.15) is 58.3 Å². The summed E-state index contributed by atoms with van der Waals surface area (Å²) in [7, 11) is 0.850. The van der Waals surface area contributed by atoms with Crippen LogP contribution in [0, 0.1) is 0 Å². The highest BCUT2D eigenvalue weighted by molar-refractivity contribution is 6.34. The van der Waals surface area contributed by atoms with E-state index in [1.807, 2.05) is 0 Å². The Morgan fingerprint density at radius 2 is 1.67 bits per heavy atom. The third-order valence-corrected chi connectivity index (χ3v) is 5.03. The third kappa shape index (κ3) is 14.1. The van der Waals surface area contributed by atoms with Gasteiger partial charge in [0, 0.05) is 0 Å². The average molecular weight is 245 g/mol. The molecule has 0 N–H and O–H groups in total. The summed E-state index contributed by atoms with van der Waals surface area (Å²) in [5.74, 6) is 0. The van der Waals surface area contributed by atoms with Gasteiger partial charge >= 0.3 is 0 Å². The second kappa shape index (κ2) is 14.1. The van der Waals surface area contributed by atoms with Gasteiger partial charge in [0.1, 0.15) is 20.2 Å². The minimum absolute atomic E-state index is 0.104. The predicted molar refractivity (Wildman–Crippen MR) is 76.1 cm³/mol. The molecule has 0 aromatic carbocycles. The Kier molecular flexibility index (Phi) is 14.3. The molecule has 1 nitrogen and oxygen atoms in total. The fraction of sp³-hybridized carbons (Fsp3) is 0.833. The van der Waals surface area contributed by atoms with E-state index in [1.54, 1.807) is 0 Å². The molecule has 0 aliphatic heterocycles. The van der Waals surface area contributed by atoms with Crippen LogP contribution < -0.4 is 0 Å². The van der Waals surface area contributed by atoms with Gasteiger partial charge in [0.15, 0.2) is 0 Å². The van der Waals surface area contributed by atoms with Gasteiger partial charge in [-0.05, 0) is 25.3 Å². The molecule has 0 radical (unpaired) electrons. The Balaban J connectivity index is 2.97. The molecule has 0 aliphatic rings. The van der Waals surface area contributed by atoms with E-state index in [9.17, 15) is 0 Å². The van der Waals surface area contributed by atoms with Crippen molar-refractivity contribution in [3.05, 3.63) is 12.2 Å². The number of hydrogen-bond donors (Lipinski definition) is 0. The molecule has 0 bridgehead atoms. The summed E-state index contributed by atoms with van der Waals surface area (Å²) in [6, 6.07) is 1.37. The summed E-state index contributed by atoms with van der Waals surface area (Å²) in [5, 5.41) is 0. The van der Waals surface area contributed by atoms with Crippen molar-refractivity contribution in [3.8, 4) is 0 Å². The molecule has 0 amide bonds. The van der Waals surface area contributed by atoms with E-state index in [0.717, 1.165) is 10.5 Å². The first-order valence-corrected chi connectivity index (χ1v) is 8.95. The fourth-order valence-corrected chi connectivity index (χ4v) is 3.26. The van der Waals surface area contributed by atoms with Crippen LogP contribution in [0.4, 0.5) is 0 Å². The summed E-state index contributed by atoms with van der Waals surface area (Å²) >= 11 is 0. The van der Waals surface area contributed by atoms with E-state index >= 15 is 0 Å². The molecule has 0 spiro atoms. The molecule has 0 atom stereocenters. The lowest BCUT2D eigenvalue weighted by atomic mass is 10.1. The van der Waals surface area contributed by atoms with Crippen LogP contribution in [0.25, 0.3) is 0 Å². The molecule has 0 saturated heterocycles. The lowest BCUT2D eigenvalue weighted by Crippen LogP contribution is -1.92. The molecule has 90 valence electrons. The van der Waals surface area contributed by atoms with E-state index < -0.39 is 0 Å². The van der Waals surface area contributed by atoms with Crippen molar-refractivity contribution < 1.29 is 4.12 Å². The third-order valence-electron chi connectivity index (χ3n) is 2.61. The van der Waals surface area contributed by atoms with Crippen LogP contribution in [-0.4, -0.2) is 20.2 Å². The maximum absolute atomic E-state index is 5.28. The standard InChI is InChI=1S/C12H28OSi2/c1-2-3-4-5-6-7-8-9-10-11-12-15-13-14/h8-9H,2-7,10-12,15H2,1,14H3. The molecule has 0 fully saturated rings. The quantitative estimate of drug-likeness (QED) is 0.308. The molecule has 0 heterocycles. The van der Waals surface area contributed by atoms with E-state index in [2.05, 4.69) is 19.1 Å². The van der Waals surface area contributed by atoms with Crippen molar-refractivity contribution in [1.82, 2.24) is 0 Å². The zero-order valence-corrected chi connectivity index (χ0v) is 14.0. The molecule has 0 aliphatic carbocycles. The molecule has 15 heavy (non-hydrogen) atoms. The van der Waals surface area contributed by atoms with Crippen molar-refractivity contribution in [1.29, 1.82) is 0 Å². The van der Waals surface area contributed by atoms with Gasteiger partial charge in [-0.2, -0.15) is 0 Å². The molecule has 0 unspecified atom stereocenters. The molecule has 0 saturated carbocycles. The number of hydrogen-bond acceptors (Lipinski definition) is 1. The molecule has 0 aromatic heterocycles. The van der Waals surface area contributed by atoms with Crippen LogP contribution in [0.2, 0.25) is 6.04 Å². The van der Waals surface area contributed by atoms with Crippen molar-refractivity contribution in [2.75, 3.05) is 0 Å². The largest absolute Gasteiger partial charge is 0.468 e. The monoisotopic (exact) mass is 244 g/mol. The summed E-state index contributed by atoms with van der Waals surface area (Å²) < 4.78 is 5.28. The van der Waals surface area contributed by atoms with Crippen LogP contribution in [0.5, 0.6) is 0 Å². The topological polar surface area (TPSA) is 9.23 Å². The van der Waals surface area contributed by atoms with Gasteiger partial charge in [0.2, 0.25) is 0 Å². The van der Waals surface area contributed by atoms with E-state index in [-0.39, 0.29) is 9.76 Å². The second-order valence-electron chi connectivity index (χ2n) is 4.16. The average Bonchev–Trinajstić information content (AvgIpc) is 2.26. The van der Waals surface area contributed by atoms with Crippen LogP contribution >= 0.6 is 0 Å². The Morgan fingerprint density at radius 3 is 2.33 bits per heavy atom. The lowest BCUT2D eigenvalue weighted by Gasteiger charge is -1.97. The Bertz CT molecular complexity index is 138. The smallest absolute Gasteiger partial charge is 0.145 e. The predicted octanol–water partition coefficient (Wildman–Crippen LogP) is 2.48. The number of rotatable bonds is 11. The van der Waals surface area contributed by atoms with Gasteiger partial charge in [-0.3, -0.25) is 0 Å². The van der Waals surface area contributed by atoms with Crippen LogP contribution in [0.3, 0.4) is 0 Å².